The van der Waals surface area contributed by atoms with Crippen LogP contribution in [0.3, 0.4) is 0 Å². The van der Waals surface area contributed by atoms with Crippen molar-refractivity contribution in [3.63, 3.8) is 0 Å². The van der Waals surface area contributed by atoms with Gasteiger partial charge in [-0.1, -0.05) is 30.3 Å². The minimum Gasteiger partial charge on any atom is -0.352 e. The standard InChI is InChI=1S/C26H38N6O4/c1-16(27-2)23(33)30-21-15-31(26(36)28-3)12-11-20-9-10-22(32(20)25(21)35)24(34)29-19-13-18(14-19)17-7-5-4-6-8-17/h4-8,16,18-22,27H,9-15H2,1-3H3,(H,28,36)(H,29,34)(H,30,33)/t16-,18-,19+,20+,21-,22-/m0/s1. The zero-order chi connectivity index (χ0) is 25.8. The molecule has 36 heavy (non-hydrogen) atoms. The molecule has 1 aliphatic carbocycles. The summed E-state index contributed by atoms with van der Waals surface area (Å²) in [5.74, 6) is -0.314. The third-order valence-corrected chi connectivity index (χ3v) is 7.89. The molecule has 3 fully saturated rings. The molecular formula is C26H38N6O4. The molecule has 4 atom stereocenters. The summed E-state index contributed by atoms with van der Waals surface area (Å²) in [6.07, 6.45) is 3.64. The number of likely N-dealkylation sites (N-methyl/N-ethyl adjacent to an activating group) is 1. The van der Waals surface area contributed by atoms with Gasteiger partial charge < -0.3 is 31.1 Å². The summed E-state index contributed by atoms with van der Waals surface area (Å²) in [5, 5.41) is 11.5. The van der Waals surface area contributed by atoms with Crippen molar-refractivity contribution >= 4 is 23.8 Å². The fourth-order valence-electron chi connectivity index (χ4n) is 5.54. The minimum absolute atomic E-state index is 0.0552. The number of rotatable bonds is 6. The average Bonchev–Trinajstić information content (AvgIpc) is 3.29. The van der Waals surface area contributed by atoms with Crippen molar-refractivity contribution in [1.29, 1.82) is 0 Å². The van der Waals surface area contributed by atoms with Gasteiger partial charge in [0.05, 0.1) is 12.6 Å². The van der Waals surface area contributed by atoms with Crippen LogP contribution in [0, 0.1) is 0 Å². The Hall–Kier alpha value is -3.14. The molecule has 10 heteroatoms. The summed E-state index contributed by atoms with van der Waals surface area (Å²) >= 11 is 0. The minimum atomic E-state index is -0.923. The molecule has 2 saturated heterocycles. The van der Waals surface area contributed by atoms with E-state index in [1.54, 1.807) is 30.8 Å². The molecule has 3 aliphatic rings. The number of nitrogens with zero attached hydrogens (tertiary/aromatic N) is 2. The first-order valence-corrected chi connectivity index (χ1v) is 12.9. The molecule has 0 unspecified atom stereocenters. The first kappa shape index (κ1) is 25.9. The molecule has 0 spiro atoms. The lowest BCUT2D eigenvalue weighted by atomic mass is 9.76. The van der Waals surface area contributed by atoms with Crippen LogP contribution in [0.25, 0.3) is 0 Å². The fourth-order valence-corrected chi connectivity index (χ4v) is 5.54. The number of nitrogens with one attached hydrogen (secondary N) is 4. The van der Waals surface area contributed by atoms with Crippen LogP contribution in [0.15, 0.2) is 30.3 Å². The van der Waals surface area contributed by atoms with Crippen LogP contribution in [0.5, 0.6) is 0 Å². The van der Waals surface area contributed by atoms with Gasteiger partial charge in [0.2, 0.25) is 17.7 Å². The van der Waals surface area contributed by atoms with Crippen molar-refractivity contribution < 1.29 is 19.2 Å². The predicted octanol–water partition coefficient (Wildman–Crippen LogP) is 0.546. The van der Waals surface area contributed by atoms with Gasteiger partial charge in [-0.3, -0.25) is 14.4 Å². The maximum Gasteiger partial charge on any atom is 0.317 e. The highest BCUT2D eigenvalue weighted by Gasteiger charge is 2.46. The molecule has 1 aromatic rings. The van der Waals surface area contributed by atoms with Crippen LogP contribution >= 0.6 is 0 Å². The van der Waals surface area contributed by atoms with Crippen LogP contribution < -0.4 is 21.3 Å². The topological polar surface area (TPSA) is 123 Å². The number of fused-ring (bicyclic) bond motifs is 1. The number of carbonyl (C=O) groups is 4. The Labute approximate surface area is 212 Å². The Morgan fingerprint density at radius 3 is 2.39 bits per heavy atom. The van der Waals surface area contributed by atoms with Crippen LogP contribution in [-0.4, -0.2) is 90.9 Å². The summed E-state index contributed by atoms with van der Waals surface area (Å²) in [7, 11) is 3.21. The van der Waals surface area contributed by atoms with Crippen molar-refractivity contribution in [3.8, 4) is 0 Å². The Morgan fingerprint density at radius 1 is 1.00 bits per heavy atom. The quantitative estimate of drug-likeness (QED) is 0.456. The Balaban J connectivity index is 1.44. The van der Waals surface area contributed by atoms with E-state index in [4.69, 9.17) is 0 Å². The highest BCUT2D eigenvalue weighted by Crippen LogP contribution is 2.37. The van der Waals surface area contributed by atoms with E-state index in [0.29, 0.717) is 31.7 Å². The average molecular weight is 499 g/mol. The summed E-state index contributed by atoms with van der Waals surface area (Å²) in [4.78, 5) is 55.4. The molecule has 196 valence electrons. The molecule has 1 saturated carbocycles. The van der Waals surface area contributed by atoms with Crippen molar-refractivity contribution in [2.45, 2.75) is 75.2 Å². The highest BCUT2D eigenvalue weighted by atomic mass is 16.2. The van der Waals surface area contributed by atoms with Crippen LogP contribution in [0.1, 0.15) is 50.5 Å². The molecular weight excluding hydrogens is 460 g/mol. The van der Waals surface area contributed by atoms with Gasteiger partial charge in [-0.25, -0.2) is 4.79 Å². The number of urea groups is 1. The first-order valence-electron chi connectivity index (χ1n) is 12.9. The molecule has 2 aliphatic heterocycles. The van der Waals surface area contributed by atoms with Crippen molar-refractivity contribution in [3.05, 3.63) is 35.9 Å². The molecule has 0 bridgehead atoms. The summed E-state index contributed by atoms with van der Waals surface area (Å²) in [5.41, 5.74) is 1.29. The summed E-state index contributed by atoms with van der Waals surface area (Å²) < 4.78 is 0. The van der Waals surface area contributed by atoms with Gasteiger partial charge in [0.25, 0.3) is 0 Å². The van der Waals surface area contributed by atoms with Gasteiger partial charge in [-0.2, -0.15) is 0 Å². The van der Waals surface area contributed by atoms with Gasteiger partial charge in [-0.05, 0) is 57.6 Å². The number of carbonyl (C=O) groups excluding carboxylic acids is 4. The van der Waals surface area contributed by atoms with Gasteiger partial charge in [0.15, 0.2) is 0 Å². The number of hydrogen-bond donors (Lipinski definition) is 4. The molecule has 10 nitrogen and oxygen atoms in total. The van der Waals surface area contributed by atoms with Crippen molar-refractivity contribution in [1.82, 2.24) is 31.1 Å². The maximum absolute atomic E-state index is 13.8. The molecule has 0 aromatic heterocycles. The number of amides is 5. The fraction of sp³-hybridized carbons (Fsp3) is 0.615. The van der Waals surface area contributed by atoms with E-state index in [-0.39, 0.29) is 42.4 Å². The van der Waals surface area contributed by atoms with E-state index in [0.717, 1.165) is 12.8 Å². The van der Waals surface area contributed by atoms with E-state index >= 15 is 0 Å². The molecule has 1 aromatic carbocycles. The lowest BCUT2D eigenvalue weighted by Gasteiger charge is -2.40. The van der Waals surface area contributed by atoms with Crippen LogP contribution in [-0.2, 0) is 14.4 Å². The molecule has 4 rings (SSSR count). The molecule has 5 amide bonds. The molecule has 0 radical (unpaired) electrons. The summed E-state index contributed by atoms with van der Waals surface area (Å²) in [6.45, 7) is 2.20. The largest absolute Gasteiger partial charge is 0.352 e. The number of benzene rings is 1. The smallest absolute Gasteiger partial charge is 0.317 e. The maximum atomic E-state index is 13.8. The van der Waals surface area contributed by atoms with Gasteiger partial charge >= 0.3 is 6.03 Å². The Morgan fingerprint density at radius 2 is 1.72 bits per heavy atom. The van der Waals surface area contributed by atoms with Gasteiger partial charge in [0, 0.05) is 25.7 Å². The third kappa shape index (κ3) is 5.48. The lowest BCUT2D eigenvalue weighted by molar-refractivity contribution is -0.145. The molecule has 4 N–H and O–H groups in total. The van der Waals surface area contributed by atoms with E-state index in [1.165, 1.54) is 5.56 Å². The second-order valence-electron chi connectivity index (χ2n) is 10.1. The SMILES string of the molecule is CNC(=O)N1CC[C@H]2CC[C@@H](C(=O)N[C@H]3C[C@@H](c4ccccc4)C3)N2C(=O)[C@@H](NC(=O)[C@H](C)NC)C1. The van der Waals surface area contributed by atoms with Gasteiger partial charge in [-0.15, -0.1) is 0 Å². The van der Waals surface area contributed by atoms with E-state index in [2.05, 4.69) is 33.4 Å². The zero-order valence-corrected chi connectivity index (χ0v) is 21.3. The Kier molecular flexibility index (Phi) is 8.13. The second kappa shape index (κ2) is 11.3. The first-order chi connectivity index (χ1) is 17.3. The zero-order valence-electron chi connectivity index (χ0n) is 21.3. The lowest BCUT2D eigenvalue weighted by Crippen LogP contribution is -2.63. The van der Waals surface area contributed by atoms with E-state index in [1.807, 2.05) is 18.2 Å². The van der Waals surface area contributed by atoms with Gasteiger partial charge in [0.1, 0.15) is 12.1 Å². The third-order valence-electron chi connectivity index (χ3n) is 7.89. The second-order valence-corrected chi connectivity index (χ2v) is 10.1. The van der Waals surface area contributed by atoms with Crippen LogP contribution in [0.4, 0.5) is 4.79 Å². The predicted molar refractivity (Wildman–Crippen MR) is 135 cm³/mol. The molecule has 2 heterocycles. The monoisotopic (exact) mass is 498 g/mol. The van der Waals surface area contributed by atoms with Crippen LogP contribution in [0.2, 0.25) is 0 Å². The van der Waals surface area contributed by atoms with Crippen molar-refractivity contribution in [2.24, 2.45) is 0 Å². The highest BCUT2D eigenvalue weighted by molar-refractivity contribution is 5.94. The van der Waals surface area contributed by atoms with Crippen molar-refractivity contribution in [2.75, 3.05) is 27.2 Å². The normalized spacial score (nSPS) is 28.8. The van der Waals surface area contributed by atoms with E-state index < -0.39 is 18.1 Å². The van der Waals surface area contributed by atoms with E-state index in [9.17, 15) is 19.2 Å². The Bertz CT molecular complexity index is 966. The summed E-state index contributed by atoms with van der Waals surface area (Å²) in [6, 6.07) is 7.98. The number of hydrogen-bond acceptors (Lipinski definition) is 5.